The van der Waals surface area contributed by atoms with Crippen molar-refractivity contribution in [2.24, 2.45) is 0 Å². The lowest BCUT2D eigenvalue weighted by Gasteiger charge is -2.42. The maximum absolute atomic E-state index is 13.2. The Hall–Kier alpha value is -1.62. The summed E-state index contributed by atoms with van der Waals surface area (Å²) in [6.07, 6.45) is 0.995. The molecule has 1 aliphatic heterocycles. The maximum Gasteiger partial charge on any atom is 0.329 e. The minimum absolute atomic E-state index is 0.172. The van der Waals surface area contributed by atoms with Crippen molar-refractivity contribution in [3.63, 3.8) is 0 Å². The van der Waals surface area contributed by atoms with Gasteiger partial charge in [-0.1, -0.05) is 6.07 Å². The van der Waals surface area contributed by atoms with Gasteiger partial charge in [0.1, 0.15) is 11.4 Å². The highest BCUT2D eigenvalue weighted by Crippen LogP contribution is 2.30. The fourth-order valence-corrected chi connectivity index (χ4v) is 2.55. The Balaban J connectivity index is 2.23. The molecule has 1 aromatic carbocycles. The number of carboxylic acid groups (broad SMARTS) is 1. The Labute approximate surface area is 112 Å². The SMILES string of the molecule is CC1CC(Nc2cccc(F)c2)(C(=O)O)CCN1C. The number of nitrogens with one attached hydrogen (secondary N) is 1. The van der Waals surface area contributed by atoms with Crippen molar-refractivity contribution in [3.05, 3.63) is 30.1 Å². The predicted molar refractivity (Wildman–Crippen MR) is 71.7 cm³/mol. The van der Waals surface area contributed by atoms with Gasteiger partial charge in [0.25, 0.3) is 0 Å². The highest BCUT2D eigenvalue weighted by Gasteiger charge is 2.43. The van der Waals surface area contributed by atoms with Gasteiger partial charge in [-0.05, 0) is 45.0 Å². The molecule has 0 aromatic heterocycles. The summed E-state index contributed by atoms with van der Waals surface area (Å²) in [5.74, 6) is -1.25. The zero-order chi connectivity index (χ0) is 14.0. The minimum atomic E-state index is -1.01. The first-order valence-corrected chi connectivity index (χ1v) is 6.40. The second-order valence-corrected chi connectivity index (χ2v) is 5.31. The van der Waals surface area contributed by atoms with E-state index in [9.17, 15) is 14.3 Å². The molecule has 19 heavy (non-hydrogen) atoms. The molecule has 1 saturated heterocycles. The molecule has 1 aliphatic rings. The van der Waals surface area contributed by atoms with Crippen molar-refractivity contribution in [2.45, 2.75) is 31.3 Å². The van der Waals surface area contributed by atoms with E-state index in [4.69, 9.17) is 0 Å². The summed E-state index contributed by atoms with van der Waals surface area (Å²) in [5, 5.41) is 12.6. The van der Waals surface area contributed by atoms with E-state index in [1.165, 1.54) is 12.1 Å². The number of rotatable bonds is 3. The molecule has 2 N–H and O–H groups in total. The molecule has 5 heteroatoms. The second kappa shape index (κ2) is 5.17. The molecule has 0 amide bonds. The van der Waals surface area contributed by atoms with Crippen molar-refractivity contribution in [1.29, 1.82) is 0 Å². The number of aliphatic carboxylic acids is 1. The first-order chi connectivity index (χ1) is 8.93. The van der Waals surface area contributed by atoms with Crippen LogP contribution in [0.25, 0.3) is 0 Å². The van der Waals surface area contributed by atoms with E-state index in [0.29, 0.717) is 25.1 Å². The third-order valence-electron chi connectivity index (χ3n) is 3.91. The summed E-state index contributed by atoms with van der Waals surface area (Å²) in [6.45, 7) is 2.71. The van der Waals surface area contributed by atoms with Gasteiger partial charge in [0.15, 0.2) is 0 Å². The van der Waals surface area contributed by atoms with Crippen LogP contribution in [-0.4, -0.2) is 41.1 Å². The van der Waals surface area contributed by atoms with Crippen molar-refractivity contribution in [2.75, 3.05) is 18.9 Å². The molecule has 4 nitrogen and oxygen atoms in total. The van der Waals surface area contributed by atoms with E-state index < -0.39 is 11.5 Å². The number of hydrogen-bond acceptors (Lipinski definition) is 3. The molecule has 2 rings (SSSR count). The van der Waals surface area contributed by atoms with E-state index in [2.05, 4.69) is 10.2 Å². The van der Waals surface area contributed by atoms with Crippen molar-refractivity contribution >= 4 is 11.7 Å². The molecule has 0 aliphatic carbocycles. The first kappa shape index (κ1) is 13.8. The van der Waals surface area contributed by atoms with Gasteiger partial charge in [-0.25, -0.2) is 9.18 Å². The molecule has 1 aromatic rings. The third kappa shape index (κ3) is 2.87. The molecular weight excluding hydrogens is 247 g/mol. The second-order valence-electron chi connectivity index (χ2n) is 5.31. The third-order valence-corrected chi connectivity index (χ3v) is 3.91. The standard InChI is InChI=1S/C14H19FN2O2/c1-10-9-14(13(18)19,6-7-17(10)2)16-12-5-3-4-11(15)8-12/h3-5,8,10,16H,6-7,9H2,1-2H3,(H,18,19). The van der Waals surface area contributed by atoms with Crippen LogP contribution in [0.4, 0.5) is 10.1 Å². The fourth-order valence-electron chi connectivity index (χ4n) is 2.55. The van der Waals surface area contributed by atoms with Gasteiger partial charge in [-0.3, -0.25) is 0 Å². The first-order valence-electron chi connectivity index (χ1n) is 6.40. The molecule has 1 fully saturated rings. The Morgan fingerprint density at radius 1 is 1.58 bits per heavy atom. The average molecular weight is 266 g/mol. The van der Waals surface area contributed by atoms with Gasteiger partial charge < -0.3 is 15.3 Å². The van der Waals surface area contributed by atoms with Crippen molar-refractivity contribution in [1.82, 2.24) is 4.90 Å². The van der Waals surface area contributed by atoms with Crippen LogP contribution in [0.15, 0.2) is 24.3 Å². The maximum atomic E-state index is 13.2. The summed E-state index contributed by atoms with van der Waals surface area (Å²) in [4.78, 5) is 13.8. The highest BCUT2D eigenvalue weighted by atomic mass is 19.1. The lowest BCUT2D eigenvalue weighted by Crippen LogP contribution is -2.56. The monoisotopic (exact) mass is 266 g/mol. The zero-order valence-corrected chi connectivity index (χ0v) is 11.2. The van der Waals surface area contributed by atoms with Crippen LogP contribution in [0.1, 0.15) is 19.8 Å². The quantitative estimate of drug-likeness (QED) is 0.880. The van der Waals surface area contributed by atoms with Crippen LogP contribution in [-0.2, 0) is 4.79 Å². The molecular formula is C14H19FN2O2. The van der Waals surface area contributed by atoms with Crippen LogP contribution >= 0.6 is 0 Å². The molecule has 2 unspecified atom stereocenters. The Morgan fingerprint density at radius 3 is 2.89 bits per heavy atom. The van der Waals surface area contributed by atoms with Gasteiger partial charge in [0, 0.05) is 18.3 Å². The predicted octanol–water partition coefficient (Wildman–Crippen LogP) is 2.18. The van der Waals surface area contributed by atoms with Crippen LogP contribution in [0.5, 0.6) is 0 Å². The number of nitrogens with zero attached hydrogens (tertiary/aromatic N) is 1. The molecule has 1 heterocycles. The van der Waals surface area contributed by atoms with Crippen molar-refractivity contribution in [3.8, 4) is 0 Å². The van der Waals surface area contributed by atoms with E-state index in [0.717, 1.165) is 0 Å². The summed E-state index contributed by atoms with van der Waals surface area (Å²) in [7, 11) is 1.98. The molecule has 0 spiro atoms. The van der Waals surface area contributed by atoms with Crippen LogP contribution in [0.2, 0.25) is 0 Å². The van der Waals surface area contributed by atoms with Gasteiger partial charge in [-0.15, -0.1) is 0 Å². The number of hydrogen-bond donors (Lipinski definition) is 2. The van der Waals surface area contributed by atoms with Gasteiger partial charge in [0.2, 0.25) is 0 Å². The number of halogens is 1. The van der Waals surface area contributed by atoms with Crippen LogP contribution in [0, 0.1) is 5.82 Å². The zero-order valence-electron chi connectivity index (χ0n) is 11.2. The minimum Gasteiger partial charge on any atom is -0.480 e. The Morgan fingerprint density at radius 2 is 2.32 bits per heavy atom. The highest BCUT2D eigenvalue weighted by molar-refractivity contribution is 5.83. The average Bonchev–Trinajstić information content (AvgIpc) is 2.34. The number of anilines is 1. The Kier molecular flexibility index (Phi) is 3.75. The van der Waals surface area contributed by atoms with E-state index in [-0.39, 0.29) is 11.9 Å². The van der Waals surface area contributed by atoms with Gasteiger partial charge in [-0.2, -0.15) is 0 Å². The van der Waals surface area contributed by atoms with Gasteiger partial charge in [0.05, 0.1) is 0 Å². The number of carbonyl (C=O) groups is 1. The summed E-state index contributed by atoms with van der Waals surface area (Å²) in [6, 6.07) is 6.11. The number of piperidine rings is 1. The van der Waals surface area contributed by atoms with Crippen LogP contribution < -0.4 is 5.32 Å². The normalized spacial score (nSPS) is 28.1. The summed E-state index contributed by atoms with van der Waals surface area (Å²) < 4.78 is 13.2. The number of benzene rings is 1. The molecule has 2 atom stereocenters. The number of likely N-dealkylation sites (tertiary alicyclic amines) is 1. The van der Waals surface area contributed by atoms with E-state index >= 15 is 0 Å². The smallest absolute Gasteiger partial charge is 0.329 e. The molecule has 0 saturated carbocycles. The van der Waals surface area contributed by atoms with E-state index in [1.807, 2.05) is 14.0 Å². The topological polar surface area (TPSA) is 52.6 Å². The lowest BCUT2D eigenvalue weighted by molar-refractivity contribution is -0.144. The molecule has 0 radical (unpaired) electrons. The van der Waals surface area contributed by atoms with Gasteiger partial charge >= 0.3 is 5.97 Å². The van der Waals surface area contributed by atoms with Crippen molar-refractivity contribution < 1.29 is 14.3 Å². The largest absolute Gasteiger partial charge is 0.480 e. The van der Waals surface area contributed by atoms with Crippen LogP contribution in [0.3, 0.4) is 0 Å². The molecule has 0 bridgehead atoms. The summed E-state index contributed by atoms with van der Waals surface area (Å²) >= 11 is 0. The lowest BCUT2D eigenvalue weighted by atomic mass is 9.83. The number of carboxylic acids is 1. The van der Waals surface area contributed by atoms with E-state index in [1.54, 1.807) is 12.1 Å². The Bertz CT molecular complexity index is 480. The fraction of sp³-hybridized carbons (Fsp3) is 0.500. The summed E-state index contributed by atoms with van der Waals surface area (Å²) in [5.41, 5.74) is -0.501. The molecule has 104 valence electrons.